The second-order valence-electron chi connectivity index (χ2n) is 13.5. The predicted octanol–water partition coefficient (Wildman–Crippen LogP) is 9.08. The molecule has 56 heavy (non-hydrogen) atoms. The minimum Gasteiger partial charge on any atom is -0.493 e. The SMILES string of the molecule is Cc1cc(/C=C/C(=O)N2CCN(Cc3ccc(CCOc4ccc(C(F)(F)F)cc4)cc3F)CC2)cc(C)c1Oc1ccc(OCc2ccc(C#N)cc2)cn1. The van der Waals surface area contributed by atoms with Crippen molar-refractivity contribution < 1.29 is 36.6 Å². The van der Waals surface area contributed by atoms with Crippen molar-refractivity contribution in [2.45, 2.75) is 39.6 Å². The molecular formula is C44H40F4N4O4. The number of aryl methyl sites for hydroxylation is 2. The number of pyridine rings is 1. The summed E-state index contributed by atoms with van der Waals surface area (Å²) in [7, 11) is 0. The molecule has 8 nitrogen and oxygen atoms in total. The van der Waals surface area contributed by atoms with Crippen molar-refractivity contribution in [3.63, 3.8) is 0 Å². The number of halogens is 4. The van der Waals surface area contributed by atoms with Gasteiger partial charge in [0.05, 0.1) is 30.0 Å². The van der Waals surface area contributed by atoms with Gasteiger partial charge in [0.1, 0.15) is 29.7 Å². The maximum Gasteiger partial charge on any atom is 0.416 e. The summed E-state index contributed by atoms with van der Waals surface area (Å²) < 4.78 is 70.8. The second kappa shape index (κ2) is 18.0. The summed E-state index contributed by atoms with van der Waals surface area (Å²) in [4.78, 5) is 21.3. The number of amides is 1. The van der Waals surface area contributed by atoms with Crippen LogP contribution in [-0.2, 0) is 30.5 Å². The molecule has 4 aromatic carbocycles. The third kappa shape index (κ3) is 10.7. The molecular weight excluding hydrogens is 724 g/mol. The average molecular weight is 765 g/mol. The van der Waals surface area contributed by atoms with Crippen LogP contribution in [0.15, 0.2) is 103 Å². The molecule has 0 saturated carbocycles. The van der Waals surface area contributed by atoms with Crippen LogP contribution < -0.4 is 14.2 Å². The van der Waals surface area contributed by atoms with Gasteiger partial charge in [-0.1, -0.05) is 24.3 Å². The number of nitrogens with zero attached hydrogens (tertiary/aromatic N) is 4. The highest BCUT2D eigenvalue weighted by Gasteiger charge is 2.30. The van der Waals surface area contributed by atoms with Crippen LogP contribution in [-0.4, -0.2) is 53.5 Å². The first-order valence-electron chi connectivity index (χ1n) is 18.1. The van der Waals surface area contributed by atoms with Gasteiger partial charge in [-0.15, -0.1) is 0 Å². The summed E-state index contributed by atoms with van der Waals surface area (Å²) in [5, 5.41) is 8.96. The first-order valence-corrected chi connectivity index (χ1v) is 18.1. The fourth-order valence-corrected chi connectivity index (χ4v) is 6.24. The molecule has 0 radical (unpaired) electrons. The zero-order valence-electron chi connectivity index (χ0n) is 31.0. The Morgan fingerprint density at radius 3 is 2.16 bits per heavy atom. The highest BCUT2D eigenvalue weighted by atomic mass is 19.4. The van der Waals surface area contributed by atoms with Crippen LogP contribution >= 0.6 is 0 Å². The Bertz CT molecular complexity index is 2170. The monoisotopic (exact) mass is 764 g/mol. The number of benzene rings is 4. The van der Waals surface area contributed by atoms with Crippen molar-refractivity contribution in [2.75, 3.05) is 32.8 Å². The highest BCUT2D eigenvalue weighted by Crippen LogP contribution is 2.31. The third-order valence-electron chi connectivity index (χ3n) is 9.34. The van der Waals surface area contributed by atoms with Crippen molar-refractivity contribution in [3.05, 3.63) is 154 Å². The van der Waals surface area contributed by atoms with E-state index in [2.05, 4.69) is 16.0 Å². The fraction of sp³-hybridized carbons (Fsp3) is 0.250. The summed E-state index contributed by atoms with van der Waals surface area (Å²) in [5.74, 6) is 1.57. The molecule has 0 atom stereocenters. The number of alkyl halides is 3. The summed E-state index contributed by atoms with van der Waals surface area (Å²) in [6, 6.07) is 26.2. The van der Waals surface area contributed by atoms with E-state index in [4.69, 9.17) is 19.5 Å². The zero-order valence-corrected chi connectivity index (χ0v) is 31.0. The van der Waals surface area contributed by atoms with Gasteiger partial charge in [0, 0.05) is 56.9 Å². The molecule has 0 bridgehead atoms. The maximum absolute atomic E-state index is 15.0. The summed E-state index contributed by atoms with van der Waals surface area (Å²) in [6.45, 7) is 7.06. The number of nitriles is 1. The number of rotatable bonds is 13. The normalized spacial score (nSPS) is 13.4. The van der Waals surface area contributed by atoms with Gasteiger partial charge in [-0.05, 0) is 108 Å². The Morgan fingerprint density at radius 2 is 1.54 bits per heavy atom. The Balaban J connectivity index is 0.934. The molecule has 0 spiro atoms. The molecule has 1 aromatic heterocycles. The fourth-order valence-electron chi connectivity index (χ4n) is 6.24. The van der Waals surface area contributed by atoms with Gasteiger partial charge in [0.2, 0.25) is 11.8 Å². The van der Waals surface area contributed by atoms with Crippen LogP contribution in [0, 0.1) is 31.0 Å². The number of hydrogen-bond donors (Lipinski definition) is 0. The Labute approximate surface area is 323 Å². The summed E-state index contributed by atoms with van der Waals surface area (Å²) in [6.07, 6.45) is 0.955. The highest BCUT2D eigenvalue weighted by molar-refractivity contribution is 5.92. The number of hydrogen-bond acceptors (Lipinski definition) is 7. The summed E-state index contributed by atoms with van der Waals surface area (Å²) in [5.41, 5.74) is 4.70. The van der Waals surface area contributed by atoms with Crippen LogP contribution in [0.4, 0.5) is 17.6 Å². The quantitative estimate of drug-likeness (QED) is 0.0874. The van der Waals surface area contributed by atoms with Crippen LogP contribution in [0.25, 0.3) is 6.08 Å². The van der Waals surface area contributed by atoms with Gasteiger partial charge in [-0.2, -0.15) is 18.4 Å². The van der Waals surface area contributed by atoms with Gasteiger partial charge >= 0.3 is 6.18 Å². The third-order valence-corrected chi connectivity index (χ3v) is 9.34. The Kier molecular flexibility index (Phi) is 12.7. The van der Waals surface area contributed by atoms with Crippen molar-refractivity contribution in [3.8, 4) is 29.2 Å². The maximum atomic E-state index is 15.0. The van der Waals surface area contributed by atoms with E-state index >= 15 is 4.39 Å². The van der Waals surface area contributed by atoms with E-state index in [1.165, 1.54) is 18.2 Å². The van der Waals surface area contributed by atoms with Crippen LogP contribution in [0.3, 0.4) is 0 Å². The Morgan fingerprint density at radius 1 is 0.857 bits per heavy atom. The van der Waals surface area contributed by atoms with Crippen molar-refractivity contribution in [2.24, 2.45) is 0 Å². The Hall–Kier alpha value is -6.19. The van der Waals surface area contributed by atoms with Gasteiger partial charge in [-0.3, -0.25) is 9.69 Å². The van der Waals surface area contributed by atoms with Crippen molar-refractivity contribution in [1.82, 2.24) is 14.8 Å². The van der Waals surface area contributed by atoms with Crippen molar-refractivity contribution >= 4 is 12.0 Å². The van der Waals surface area contributed by atoms with E-state index in [9.17, 15) is 18.0 Å². The van der Waals surface area contributed by atoms with Crippen molar-refractivity contribution in [1.29, 1.82) is 5.26 Å². The molecule has 0 aliphatic carbocycles. The number of ether oxygens (including phenoxy) is 3. The van der Waals surface area contributed by atoms with E-state index in [0.29, 0.717) is 80.0 Å². The van der Waals surface area contributed by atoms with E-state index in [0.717, 1.165) is 39.9 Å². The first kappa shape index (κ1) is 39.5. The molecule has 5 aromatic rings. The van der Waals surface area contributed by atoms with E-state index in [1.807, 2.05) is 44.2 Å². The molecule has 12 heteroatoms. The van der Waals surface area contributed by atoms with Crippen LogP contribution in [0.1, 0.15) is 44.5 Å². The van der Waals surface area contributed by atoms with Crippen LogP contribution in [0.2, 0.25) is 0 Å². The van der Waals surface area contributed by atoms with E-state index < -0.39 is 11.7 Å². The second-order valence-corrected chi connectivity index (χ2v) is 13.5. The predicted molar refractivity (Wildman–Crippen MR) is 204 cm³/mol. The van der Waals surface area contributed by atoms with Gasteiger partial charge < -0.3 is 19.1 Å². The standard InChI is InChI=1S/C44H40F4N4O4/c1-30-23-35(24-31(2)43(30)56-41-15-14-39(27-50-41)55-29-34-5-3-33(26-49)4-6-34)8-16-42(53)52-20-18-51(19-21-52)28-36-9-7-32(25-40(36)45)17-22-54-38-12-10-37(11-13-38)44(46,47)48/h3-16,23-25,27H,17-22,28-29H2,1-2H3/b16-8+. The van der Waals surface area contributed by atoms with Gasteiger partial charge in [0.15, 0.2) is 0 Å². The smallest absolute Gasteiger partial charge is 0.416 e. The molecule has 2 heterocycles. The number of carbonyl (C=O) groups excluding carboxylic acids is 1. The zero-order chi connectivity index (χ0) is 39.7. The minimum absolute atomic E-state index is 0.0972. The molecule has 0 unspecified atom stereocenters. The van der Waals surface area contributed by atoms with E-state index in [1.54, 1.807) is 53.6 Å². The minimum atomic E-state index is -4.41. The number of piperazine rings is 1. The lowest BCUT2D eigenvalue weighted by atomic mass is 10.1. The molecule has 288 valence electrons. The average Bonchev–Trinajstić information content (AvgIpc) is 3.19. The molecule has 6 rings (SSSR count). The lowest BCUT2D eigenvalue weighted by Crippen LogP contribution is -2.47. The lowest BCUT2D eigenvalue weighted by molar-refractivity contribution is -0.137. The molecule has 1 fully saturated rings. The molecule has 1 aliphatic rings. The molecule has 1 aliphatic heterocycles. The molecule has 1 saturated heterocycles. The lowest BCUT2D eigenvalue weighted by Gasteiger charge is -2.34. The van der Waals surface area contributed by atoms with Crippen LogP contribution in [0.5, 0.6) is 23.1 Å². The largest absolute Gasteiger partial charge is 0.493 e. The van der Waals surface area contributed by atoms with Gasteiger partial charge in [-0.25, -0.2) is 9.37 Å². The summed E-state index contributed by atoms with van der Waals surface area (Å²) >= 11 is 0. The van der Waals surface area contributed by atoms with E-state index in [-0.39, 0.29) is 18.3 Å². The molecule has 1 amide bonds. The van der Waals surface area contributed by atoms with Gasteiger partial charge in [0.25, 0.3) is 0 Å². The molecule has 0 N–H and O–H groups in total. The topological polar surface area (TPSA) is 87.9 Å². The first-order chi connectivity index (χ1) is 26.9. The number of carbonyl (C=O) groups is 1. The number of aromatic nitrogens is 1.